The van der Waals surface area contributed by atoms with E-state index in [0.717, 1.165) is 30.9 Å². The number of fused-ring (bicyclic) bond motifs is 1. The molecule has 3 heteroatoms. The van der Waals surface area contributed by atoms with Gasteiger partial charge in [0, 0.05) is 30.1 Å². The molecule has 2 heterocycles. The van der Waals surface area contributed by atoms with Gasteiger partial charge in [0.1, 0.15) is 11.3 Å². The minimum Gasteiger partial charge on any atom is -0.459 e. The van der Waals surface area contributed by atoms with Crippen LogP contribution in [0.3, 0.4) is 0 Å². The number of para-hydroxylation sites is 1. The molecular weight excluding hydrogens is 224 g/mol. The Morgan fingerprint density at radius 3 is 2.78 bits per heavy atom. The predicted molar refractivity (Wildman–Crippen MR) is 73.6 cm³/mol. The van der Waals surface area contributed by atoms with Crippen molar-refractivity contribution in [3.63, 3.8) is 0 Å². The smallest absolute Gasteiger partial charge is 0.134 e. The Balaban J connectivity index is 2.00. The molecule has 18 heavy (non-hydrogen) atoms. The molecule has 1 fully saturated rings. The number of furan rings is 1. The Morgan fingerprint density at radius 2 is 2.11 bits per heavy atom. The van der Waals surface area contributed by atoms with Crippen molar-refractivity contribution in [2.24, 2.45) is 5.73 Å². The molecule has 0 saturated carbocycles. The first-order valence-corrected chi connectivity index (χ1v) is 6.70. The first-order valence-electron chi connectivity index (χ1n) is 6.70. The fourth-order valence-corrected chi connectivity index (χ4v) is 2.85. The Hall–Kier alpha value is -1.32. The lowest BCUT2D eigenvalue weighted by molar-refractivity contribution is 0.0913. The van der Waals surface area contributed by atoms with Gasteiger partial charge in [0.05, 0.1) is 6.04 Å². The van der Waals surface area contributed by atoms with Crippen molar-refractivity contribution < 1.29 is 4.42 Å². The zero-order valence-corrected chi connectivity index (χ0v) is 11.0. The van der Waals surface area contributed by atoms with E-state index in [9.17, 15) is 0 Å². The molecule has 1 aliphatic rings. The van der Waals surface area contributed by atoms with Crippen molar-refractivity contribution >= 4 is 11.0 Å². The predicted octanol–water partition coefficient (Wildman–Crippen LogP) is 2.70. The van der Waals surface area contributed by atoms with Crippen LogP contribution in [0.25, 0.3) is 11.0 Å². The van der Waals surface area contributed by atoms with Gasteiger partial charge in [-0.1, -0.05) is 25.1 Å². The summed E-state index contributed by atoms with van der Waals surface area (Å²) < 4.78 is 6.06. The van der Waals surface area contributed by atoms with Crippen molar-refractivity contribution in [2.75, 3.05) is 13.1 Å². The van der Waals surface area contributed by atoms with Gasteiger partial charge in [-0.05, 0) is 19.4 Å². The Morgan fingerprint density at radius 1 is 1.39 bits per heavy atom. The second-order valence-corrected chi connectivity index (χ2v) is 5.18. The molecule has 0 radical (unpaired) electrons. The van der Waals surface area contributed by atoms with Gasteiger partial charge in [0.25, 0.3) is 0 Å². The van der Waals surface area contributed by atoms with E-state index >= 15 is 0 Å². The van der Waals surface area contributed by atoms with E-state index in [1.165, 1.54) is 10.9 Å². The maximum atomic E-state index is 6.06. The van der Waals surface area contributed by atoms with Crippen molar-refractivity contribution in [1.29, 1.82) is 0 Å². The summed E-state index contributed by atoms with van der Waals surface area (Å²) in [4.78, 5) is 2.38. The minimum atomic E-state index is 0.326. The molecule has 1 aromatic heterocycles. The molecule has 96 valence electrons. The third kappa shape index (κ3) is 1.74. The van der Waals surface area contributed by atoms with Crippen LogP contribution in [0.2, 0.25) is 0 Å². The average molecular weight is 244 g/mol. The van der Waals surface area contributed by atoms with Crippen LogP contribution >= 0.6 is 0 Å². The summed E-state index contributed by atoms with van der Waals surface area (Å²) in [7, 11) is 0. The molecule has 1 aliphatic heterocycles. The van der Waals surface area contributed by atoms with Gasteiger partial charge in [-0.2, -0.15) is 0 Å². The molecule has 1 atom stereocenters. The minimum absolute atomic E-state index is 0.326. The number of nitrogens with two attached hydrogens (primary N) is 1. The van der Waals surface area contributed by atoms with Crippen LogP contribution in [0.5, 0.6) is 0 Å². The molecule has 1 aromatic carbocycles. The second-order valence-electron chi connectivity index (χ2n) is 5.18. The lowest BCUT2D eigenvalue weighted by Gasteiger charge is -2.40. The van der Waals surface area contributed by atoms with E-state index in [2.05, 4.69) is 30.9 Å². The third-order valence-electron chi connectivity index (χ3n) is 3.95. The van der Waals surface area contributed by atoms with Gasteiger partial charge in [0.15, 0.2) is 0 Å². The Bertz CT molecular complexity index is 555. The molecule has 3 nitrogen and oxygen atoms in total. The van der Waals surface area contributed by atoms with E-state index in [1.54, 1.807) is 0 Å². The molecular formula is C15H20N2O. The maximum Gasteiger partial charge on any atom is 0.134 e. The van der Waals surface area contributed by atoms with Crippen molar-refractivity contribution in [1.82, 2.24) is 4.90 Å². The van der Waals surface area contributed by atoms with Crippen LogP contribution in [0.1, 0.15) is 31.2 Å². The topological polar surface area (TPSA) is 42.4 Å². The summed E-state index contributed by atoms with van der Waals surface area (Å²) in [6.07, 6.45) is 1.01. The fourth-order valence-electron chi connectivity index (χ4n) is 2.85. The number of benzene rings is 1. The molecule has 1 saturated heterocycles. The van der Waals surface area contributed by atoms with Gasteiger partial charge in [-0.15, -0.1) is 0 Å². The lowest BCUT2D eigenvalue weighted by Crippen LogP contribution is -2.56. The summed E-state index contributed by atoms with van der Waals surface area (Å²) in [5.74, 6) is 1.12. The highest BCUT2D eigenvalue weighted by Gasteiger charge is 2.31. The van der Waals surface area contributed by atoms with Crippen LogP contribution in [-0.4, -0.2) is 24.0 Å². The zero-order valence-electron chi connectivity index (χ0n) is 11.0. The van der Waals surface area contributed by atoms with Crippen LogP contribution in [0, 0.1) is 0 Å². The number of aryl methyl sites for hydroxylation is 1. The van der Waals surface area contributed by atoms with Crippen LogP contribution in [0.15, 0.2) is 28.7 Å². The molecule has 0 spiro atoms. The second kappa shape index (κ2) is 4.41. The monoisotopic (exact) mass is 244 g/mol. The summed E-state index contributed by atoms with van der Waals surface area (Å²) in [5.41, 5.74) is 8.20. The van der Waals surface area contributed by atoms with E-state index in [0.29, 0.717) is 12.1 Å². The van der Waals surface area contributed by atoms with Crippen molar-refractivity contribution in [3.8, 4) is 0 Å². The van der Waals surface area contributed by atoms with Crippen LogP contribution in [-0.2, 0) is 6.42 Å². The van der Waals surface area contributed by atoms with E-state index < -0.39 is 0 Å². The highest BCUT2D eigenvalue weighted by atomic mass is 16.3. The lowest BCUT2D eigenvalue weighted by atomic mass is 10.0. The number of hydrogen-bond acceptors (Lipinski definition) is 3. The molecule has 0 bridgehead atoms. The first-order chi connectivity index (χ1) is 8.70. The zero-order chi connectivity index (χ0) is 12.7. The van der Waals surface area contributed by atoms with Gasteiger partial charge < -0.3 is 10.2 Å². The van der Waals surface area contributed by atoms with Gasteiger partial charge in [-0.3, -0.25) is 4.90 Å². The average Bonchev–Trinajstić information content (AvgIpc) is 2.72. The summed E-state index contributed by atoms with van der Waals surface area (Å²) >= 11 is 0. The molecule has 1 unspecified atom stereocenters. The summed E-state index contributed by atoms with van der Waals surface area (Å²) in [6.45, 7) is 6.35. The standard InChI is InChI=1S/C15H20N2O/c1-3-12-13-6-4-5-7-14(13)18-15(12)10(2)17-8-11(16)9-17/h4-7,10-11H,3,8-9,16H2,1-2H3. The third-order valence-corrected chi connectivity index (χ3v) is 3.95. The molecule has 0 amide bonds. The van der Waals surface area contributed by atoms with E-state index in [4.69, 9.17) is 10.2 Å². The van der Waals surface area contributed by atoms with Gasteiger partial charge in [0.2, 0.25) is 0 Å². The maximum absolute atomic E-state index is 6.06. The molecule has 2 N–H and O–H groups in total. The Labute approximate surface area is 108 Å². The number of hydrogen-bond donors (Lipinski definition) is 1. The highest BCUT2D eigenvalue weighted by molar-refractivity contribution is 5.82. The fraction of sp³-hybridized carbons (Fsp3) is 0.467. The molecule has 2 aromatic rings. The van der Waals surface area contributed by atoms with E-state index in [1.807, 2.05) is 12.1 Å². The Kier molecular flexibility index (Phi) is 2.88. The highest BCUT2D eigenvalue weighted by Crippen LogP contribution is 2.34. The van der Waals surface area contributed by atoms with Crippen molar-refractivity contribution in [2.45, 2.75) is 32.4 Å². The number of likely N-dealkylation sites (tertiary alicyclic amines) is 1. The summed E-state index contributed by atoms with van der Waals surface area (Å²) in [6, 6.07) is 8.96. The molecule has 3 rings (SSSR count). The van der Waals surface area contributed by atoms with Crippen LogP contribution in [0.4, 0.5) is 0 Å². The van der Waals surface area contributed by atoms with Gasteiger partial charge in [-0.25, -0.2) is 0 Å². The largest absolute Gasteiger partial charge is 0.459 e. The normalized spacial score (nSPS) is 19.1. The number of rotatable bonds is 3. The quantitative estimate of drug-likeness (QED) is 0.902. The van der Waals surface area contributed by atoms with Crippen LogP contribution < -0.4 is 5.73 Å². The first kappa shape index (κ1) is 11.8. The summed E-state index contributed by atoms with van der Waals surface area (Å²) in [5, 5.41) is 1.26. The SMILES string of the molecule is CCc1c(C(C)N2CC(N)C2)oc2ccccc12. The molecule has 0 aliphatic carbocycles. The number of nitrogens with zero attached hydrogens (tertiary/aromatic N) is 1. The van der Waals surface area contributed by atoms with E-state index in [-0.39, 0.29) is 0 Å². The van der Waals surface area contributed by atoms with Gasteiger partial charge >= 0.3 is 0 Å². The van der Waals surface area contributed by atoms with Crippen molar-refractivity contribution in [3.05, 3.63) is 35.6 Å².